The third kappa shape index (κ3) is 4.22. The van der Waals surface area contributed by atoms with Crippen LogP contribution in [-0.4, -0.2) is 0 Å². The van der Waals surface area contributed by atoms with Gasteiger partial charge in [-0.1, -0.05) is 0 Å². The van der Waals surface area contributed by atoms with Gasteiger partial charge in [0.05, 0.1) is 0 Å². The van der Waals surface area contributed by atoms with Crippen LogP contribution in [0.4, 0.5) is 0 Å². The summed E-state index contributed by atoms with van der Waals surface area (Å²) in [6.45, 7) is 0. The van der Waals surface area contributed by atoms with Crippen LogP contribution in [0.1, 0.15) is 0 Å². The second kappa shape index (κ2) is 7.31. The van der Waals surface area contributed by atoms with E-state index in [0.717, 1.165) is 0 Å². The summed E-state index contributed by atoms with van der Waals surface area (Å²) in [4.78, 5) is 0. The van der Waals surface area contributed by atoms with Crippen LogP contribution in [0.25, 0.3) is 0 Å². The van der Waals surface area contributed by atoms with Gasteiger partial charge in [-0.15, -0.1) is 24.8 Å². The standard InChI is InChI=1S/C6H4Cl2O.2ClH.Ti/c7-4-1-2-6(9)5(8)3-4;;;/h1-3,9H;2*1H;/q;;;+1/p-1. The first kappa shape index (κ1) is 15.4. The zero-order valence-corrected chi connectivity index (χ0v) is 10.4. The van der Waals surface area contributed by atoms with Crippen molar-refractivity contribution in [3.63, 3.8) is 0 Å². The Balaban J connectivity index is 0. The van der Waals surface area contributed by atoms with Gasteiger partial charge in [0.25, 0.3) is 0 Å². The van der Waals surface area contributed by atoms with E-state index in [1.807, 2.05) is 0 Å². The van der Waals surface area contributed by atoms with Crippen LogP contribution in [0, 0.1) is 0 Å². The maximum absolute atomic E-state index is 5.72. The van der Waals surface area contributed by atoms with Crippen molar-refractivity contribution < 1.29 is 24.1 Å². The van der Waals surface area contributed by atoms with Gasteiger partial charge in [0, 0.05) is 0 Å². The summed E-state index contributed by atoms with van der Waals surface area (Å²) in [5, 5.41) is 1.15. The number of hydrogen-bond acceptors (Lipinski definition) is 1. The molecule has 0 radical (unpaired) electrons. The molecular weight excluding hydrogens is 278 g/mol. The molecule has 12 heavy (non-hydrogen) atoms. The SMILES string of the molecule is Cl.Cl.Clc1ccc([O][Ti])c(Cl)c1. The van der Waals surface area contributed by atoms with Crippen molar-refractivity contribution in [1.29, 1.82) is 0 Å². The first-order valence-corrected chi connectivity index (χ1v) is 3.92. The van der Waals surface area contributed by atoms with Crippen LogP contribution in [0.2, 0.25) is 10.0 Å². The van der Waals surface area contributed by atoms with Gasteiger partial charge >= 0.3 is 81.3 Å². The monoisotopic (exact) mass is 281 g/mol. The molecule has 0 aliphatic carbocycles. The summed E-state index contributed by atoms with van der Waals surface area (Å²) >= 11 is 12.9. The van der Waals surface area contributed by atoms with Crippen molar-refractivity contribution in [2.75, 3.05) is 0 Å². The number of halogens is 4. The van der Waals surface area contributed by atoms with Crippen molar-refractivity contribution in [1.82, 2.24) is 0 Å². The predicted molar refractivity (Wildman–Crippen MR) is 51.6 cm³/mol. The van der Waals surface area contributed by atoms with E-state index in [9.17, 15) is 0 Å². The zero-order valence-electron chi connectivity index (χ0n) is 5.71. The summed E-state index contributed by atoms with van der Waals surface area (Å²) < 4.78 is 4.91. The Morgan fingerprint density at radius 1 is 1.17 bits per heavy atom. The van der Waals surface area contributed by atoms with E-state index in [4.69, 9.17) is 26.5 Å². The molecule has 1 aromatic rings. The van der Waals surface area contributed by atoms with Gasteiger partial charge < -0.3 is 0 Å². The molecule has 0 aromatic heterocycles. The molecule has 0 saturated carbocycles. The minimum absolute atomic E-state index is 0. The molecule has 1 nitrogen and oxygen atoms in total. The molecule has 0 aliphatic rings. The molecule has 1 aromatic carbocycles. The van der Waals surface area contributed by atoms with Crippen molar-refractivity contribution in [2.45, 2.75) is 0 Å². The van der Waals surface area contributed by atoms with Crippen LogP contribution in [0.5, 0.6) is 5.75 Å². The molecule has 0 aliphatic heterocycles. The van der Waals surface area contributed by atoms with E-state index >= 15 is 0 Å². The Morgan fingerprint density at radius 3 is 2.17 bits per heavy atom. The van der Waals surface area contributed by atoms with E-state index < -0.39 is 0 Å². The molecule has 0 saturated heterocycles. The van der Waals surface area contributed by atoms with Crippen LogP contribution in [0.15, 0.2) is 18.2 Å². The third-order valence-electron chi connectivity index (χ3n) is 1.00. The number of rotatable bonds is 1. The van der Waals surface area contributed by atoms with Gasteiger partial charge in [-0.05, 0) is 0 Å². The van der Waals surface area contributed by atoms with E-state index in [1.165, 1.54) is 0 Å². The molecule has 0 atom stereocenters. The van der Waals surface area contributed by atoms with Gasteiger partial charge in [0.1, 0.15) is 0 Å². The van der Waals surface area contributed by atoms with Gasteiger partial charge in [0.2, 0.25) is 0 Å². The zero-order chi connectivity index (χ0) is 7.56. The third-order valence-corrected chi connectivity index (χ3v) is 1.88. The van der Waals surface area contributed by atoms with Gasteiger partial charge in [-0.2, -0.15) is 0 Å². The van der Waals surface area contributed by atoms with Crippen LogP contribution >= 0.6 is 48.0 Å². The fraction of sp³-hybridized carbons (Fsp3) is 0. The van der Waals surface area contributed by atoms with Crippen molar-refractivity contribution in [3.05, 3.63) is 28.2 Å². The molecule has 0 bridgehead atoms. The fourth-order valence-electron chi connectivity index (χ4n) is 0.558. The summed E-state index contributed by atoms with van der Waals surface area (Å²) in [5.74, 6) is 0.645. The number of benzene rings is 1. The Morgan fingerprint density at radius 2 is 1.75 bits per heavy atom. The van der Waals surface area contributed by atoms with Crippen LogP contribution < -0.4 is 3.32 Å². The molecule has 0 amide bonds. The molecule has 6 heteroatoms. The Kier molecular flexibility index (Phi) is 9.37. The average molecular weight is 283 g/mol. The molecule has 0 fully saturated rings. The first-order chi connectivity index (χ1) is 4.74. The van der Waals surface area contributed by atoms with Crippen LogP contribution in [-0.2, 0) is 20.8 Å². The molecule has 0 spiro atoms. The van der Waals surface area contributed by atoms with Gasteiger partial charge in [-0.3, -0.25) is 0 Å². The normalized spacial score (nSPS) is 7.75. The number of hydrogen-bond donors (Lipinski definition) is 0. The van der Waals surface area contributed by atoms with Gasteiger partial charge in [-0.25, -0.2) is 0 Å². The van der Waals surface area contributed by atoms with Crippen LogP contribution in [0.3, 0.4) is 0 Å². The van der Waals surface area contributed by atoms with Crippen molar-refractivity contribution in [3.8, 4) is 5.75 Å². The second-order valence-corrected chi connectivity index (χ2v) is 2.84. The summed E-state index contributed by atoms with van der Waals surface area (Å²) in [5.41, 5.74) is 0. The average Bonchev–Trinajstić information content (AvgIpc) is 1.88. The minimum atomic E-state index is 0. The van der Waals surface area contributed by atoms with E-state index in [2.05, 4.69) is 0 Å². The summed E-state index contributed by atoms with van der Waals surface area (Å²) in [7, 11) is 0. The van der Waals surface area contributed by atoms with E-state index in [-0.39, 0.29) is 24.8 Å². The molecular formula is C6H5Cl4OTi. The molecule has 0 heterocycles. The summed E-state index contributed by atoms with van der Waals surface area (Å²) in [6, 6.07) is 5.10. The topological polar surface area (TPSA) is 9.23 Å². The van der Waals surface area contributed by atoms with E-state index in [1.54, 1.807) is 39.0 Å². The maximum atomic E-state index is 5.72. The predicted octanol–water partition coefficient (Wildman–Crippen LogP) is 3.68. The fourth-order valence-corrected chi connectivity index (χ4v) is 1.38. The first-order valence-electron chi connectivity index (χ1n) is 2.52. The molecule has 67 valence electrons. The summed E-state index contributed by atoms with van der Waals surface area (Å²) in [6.07, 6.45) is 0. The van der Waals surface area contributed by atoms with E-state index in [0.29, 0.717) is 15.8 Å². The Bertz CT molecular complexity index is 243. The quantitative estimate of drug-likeness (QED) is 0.714. The van der Waals surface area contributed by atoms with Crippen molar-refractivity contribution in [2.24, 2.45) is 0 Å². The molecule has 0 unspecified atom stereocenters. The van der Waals surface area contributed by atoms with Gasteiger partial charge in [0.15, 0.2) is 0 Å². The molecule has 0 N–H and O–H groups in total. The second-order valence-electron chi connectivity index (χ2n) is 1.68. The Hall–Kier alpha value is 0.894. The molecule has 1 rings (SSSR count). The van der Waals surface area contributed by atoms with Crippen molar-refractivity contribution >= 4 is 48.0 Å². The Labute approximate surface area is 105 Å².